The Labute approximate surface area is 173 Å². The van der Waals surface area contributed by atoms with E-state index >= 15 is 0 Å². The van der Waals surface area contributed by atoms with E-state index in [1.54, 1.807) is 30.3 Å². The number of hydrogen-bond donors (Lipinski definition) is 2. The lowest BCUT2D eigenvalue weighted by molar-refractivity contribution is -0.120. The summed E-state index contributed by atoms with van der Waals surface area (Å²) in [7, 11) is 4.45. The maximum absolute atomic E-state index is 12.2. The maximum atomic E-state index is 12.2. The van der Waals surface area contributed by atoms with E-state index in [4.69, 9.17) is 36.3 Å². The standard InChI is InChI=1S/C20H21ClN2O6/c1-26-15-6-5-13(10-16(15)29-11-18(22)24)23-19(25)7-4-12-8-14(21)20(28-3)17(9-12)27-2/h4-10H,11H2,1-3H3,(H2,22,24)(H,23,25)/b7-4+. The summed E-state index contributed by atoms with van der Waals surface area (Å²) in [4.78, 5) is 23.2. The second-order valence-corrected chi connectivity index (χ2v) is 6.09. The average molecular weight is 421 g/mol. The van der Waals surface area contributed by atoms with Crippen molar-refractivity contribution in [2.45, 2.75) is 0 Å². The topological polar surface area (TPSA) is 109 Å². The Hall–Kier alpha value is -3.39. The molecule has 0 aliphatic heterocycles. The van der Waals surface area contributed by atoms with Crippen molar-refractivity contribution < 1.29 is 28.5 Å². The molecule has 0 unspecified atom stereocenters. The van der Waals surface area contributed by atoms with Gasteiger partial charge in [0.15, 0.2) is 29.6 Å². The molecule has 0 fully saturated rings. The molecular formula is C20H21ClN2O6. The van der Waals surface area contributed by atoms with Crippen LogP contribution in [0.3, 0.4) is 0 Å². The van der Waals surface area contributed by atoms with Crippen LogP contribution < -0.4 is 30.0 Å². The van der Waals surface area contributed by atoms with Crippen molar-refractivity contribution in [3.05, 3.63) is 47.0 Å². The number of benzene rings is 2. The number of nitrogens with two attached hydrogens (primary N) is 1. The van der Waals surface area contributed by atoms with Gasteiger partial charge in [-0.25, -0.2) is 0 Å². The van der Waals surface area contributed by atoms with E-state index < -0.39 is 5.91 Å². The molecule has 2 aromatic rings. The fraction of sp³-hybridized carbons (Fsp3) is 0.200. The molecule has 0 aliphatic rings. The SMILES string of the molecule is COc1ccc(NC(=O)/C=C/c2cc(Cl)c(OC)c(OC)c2)cc1OCC(N)=O. The molecule has 0 spiro atoms. The number of amides is 2. The molecule has 0 bridgehead atoms. The van der Waals surface area contributed by atoms with Gasteiger partial charge < -0.3 is 30.0 Å². The third-order valence-electron chi connectivity index (χ3n) is 3.68. The molecule has 2 aromatic carbocycles. The van der Waals surface area contributed by atoms with Crippen LogP contribution in [0.15, 0.2) is 36.4 Å². The van der Waals surface area contributed by atoms with Gasteiger partial charge in [0.1, 0.15) is 0 Å². The van der Waals surface area contributed by atoms with Gasteiger partial charge in [-0.05, 0) is 35.9 Å². The Morgan fingerprint density at radius 1 is 1.03 bits per heavy atom. The lowest BCUT2D eigenvalue weighted by Crippen LogP contribution is -2.20. The summed E-state index contributed by atoms with van der Waals surface area (Å²) in [6.07, 6.45) is 2.92. The molecule has 0 saturated carbocycles. The Morgan fingerprint density at radius 3 is 2.38 bits per heavy atom. The van der Waals surface area contributed by atoms with Gasteiger partial charge in [-0.2, -0.15) is 0 Å². The molecule has 0 aliphatic carbocycles. The predicted octanol–water partition coefficient (Wildman–Crippen LogP) is 2.88. The highest BCUT2D eigenvalue weighted by atomic mass is 35.5. The number of halogens is 1. The van der Waals surface area contributed by atoms with E-state index in [0.717, 1.165) is 0 Å². The van der Waals surface area contributed by atoms with Crippen LogP contribution in [0.25, 0.3) is 6.08 Å². The minimum atomic E-state index is -0.627. The zero-order valence-corrected chi connectivity index (χ0v) is 16.9. The Bertz CT molecular complexity index is 929. The van der Waals surface area contributed by atoms with Crippen LogP contribution in [0.1, 0.15) is 5.56 Å². The highest BCUT2D eigenvalue weighted by Gasteiger charge is 2.11. The number of hydrogen-bond acceptors (Lipinski definition) is 6. The number of carbonyl (C=O) groups excluding carboxylic acids is 2. The molecule has 0 heterocycles. The van der Waals surface area contributed by atoms with Crippen LogP contribution in [0, 0.1) is 0 Å². The molecule has 2 rings (SSSR count). The van der Waals surface area contributed by atoms with Crippen LogP contribution in [0.4, 0.5) is 5.69 Å². The second-order valence-electron chi connectivity index (χ2n) is 5.68. The quantitative estimate of drug-likeness (QED) is 0.604. The first kappa shape index (κ1) is 21.9. The molecule has 3 N–H and O–H groups in total. The van der Waals surface area contributed by atoms with E-state index in [1.807, 2.05) is 0 Å². The van der Waals surface area contributed by atoms with Crippen molar-refractivity contribution in [2.75, 3.05) is 33.3 Å². The van der Waals surface area contributed by atoms with E-state index in [0.29, 0.717) is 33.5 Å². The Balaban J connectivity index is 2.13. The van der Waals surface area contributed by atoms with Crippen molar-refractivity contribution in [2.24, 2.45) is 5.73 Å². The zero-order chi connectivity index (χ0) is 21.4. The summed E-state index contributed by atoms with van der Waals surface area (Å²) in [6.45, 7) is -0.312. The molecule has 154 valence electrons. The Kier molecular flexibility index (Phi) is 7.73. The number of ether oxygens (including phenoxy) is 4. The van der Waals surface area contributed by atoms with Crippen molar-refractivity contribution in [1.82, 2.24) is 0 Å². The molecule has 29 heavy (non-hydrogen) atoms. The number of primary amides is 1. The fourth-order valence-corrected chi connectivity index (χ4v) is 2.70. The van der Waals surface area contributed by atoms with Gasteiger partial charge in [0.05, 0.1) is 26.4 Å². The summed E-state index contributed by atoms with van der Waals surface area (Å²) < 4.78 is 20.9. The van der Waals surface area contributed by atoms with Gasteiger partial charge in [-0.15, -0.1) is 0 Å². The molecule has 8 nitrogen and oxygen atoms in total. The number of carbonyl (C=O) groups is 2. The number of nitrogens with one attached hydrogen (secondary N) is 1. The number of methoxy groups -OCH3 is 3. The zero-order valence-electron chi connectivity index (χ0n) is 16.2. The lowest BCUT2D eigenvalue weighted by atomic mass is 10.2. The monoisotopic (exact) mass is 420 g/mol. The molecular weight excluding hydrogens is 400 g/mol. The highest BCUT2D eigenvalue weighted by Crippen LogP contribution is 2.36. The first-order valence-electron chi connectivity index (χ1n) is 8.37. The van der Waals surface area contributed by atoms with Crippen LogP contribution in [-0.4, -0.2) is 39.8 Å². The van der Waals surface area contributed by atoms with E-state index in [1.165, 1.54) is 33.5 Å². The van der Waals surface area contributed by atoms with Crippen molar-refractivity contribution in [3.8, 4) is 23.0 Å². The molecule has 0 atom stereocenters. The number of anilines is 1. The summed E-state index contributed by atoms with van der Waals surface area (Å²) >= 11 is 6.16. The van der Waals surface area contributed by atoms with Crippen LogP contribution >= 0.6 is 11.6 Å². The first-order valence-corrected chi connectivity index (χ1v) is 8.75. The first-order chi connectivity index (χ1) is 13.9. The summed E-state index contributed by atoms with van der Waals surface area (Å²) in [6, 6.07) is 8.10. The maximum Gasteiger partial charge on any atom is 0.255 e. The lowest BCUT2D eigenvalue weighted by Gasteiger charge is -2.11. The van der Waals surface area contributed by atoms with Gasteiger partial charge in [0.2, 0.25) is 5.91 Å². The minimum absolute atomic E-state index is 0.278. The normalized spacial score (nSPS) is 10.5. The van der Waals surface area contributed by atoms with Crippen LogP contribution in [-0.2, 0) is 9.59 Å². The smallest absolute Gasteiger partial charge is 0.255 e. The van der Waals surface area contributed by atoms with Gasteiger partial charge in [-0.1, -0.05) is 11.6 Å². The summed E-state index contributed by atoms with van der Waals surface area (Å²) in [5.41, 5.74) is 6.19. The number of rotatable bonds is 9. The van der Waals surface area contributed by atoms with Crippen molar-refractivity contribution in [1.29, 1.82) is 0 Å². The largest absolute Gasteiger partial charge is 0.493 e. The molecule has 9 heteroatoms. The minimum Gasteiger partial charge on any atom is -0.493 e. The van der Waals surface area contributed by atoms with Gasteiger partial charge in [-0.3, -0.25) is 9.59 Å². The average Bonchev–Trinajstić information content (AvgIpc) is 2.70. The highest BCUT2D eigenvalue weighted by molar-refractivity contribution is 6.32. The van der Waals surface area contributed by atoms with E-state index in [9.17, 15) is 9.59 Å². The van der Waals surface area contributed by atoms with Gasteiger partial charge in [0, 0.05) is 17.8 Å². The van der Waals surface area contributed by atoms with Crippen LogP contribution in [0.5, 0.6) is 23.0 Å². The third-order valence-corrected chi connectivity index (χ3v) is 3.96. The predicted molar refractivity (Wildman–Crippen MR) is 110 cm³/mol. The van der Waals surface area contributed by atoms with Gasteiger partial charge >= 0.3 is 0 Å². The second kappa shape index (κ2) is 10.2. The Morgan fingerprint density at radius 2 is 1.76 bits per heavy atom. The summed E-state index contributed by atoms with van der Waals surface area (Å²) in [5, 5.41) is 3.05. The van der Waals surface area contributed by atoms with E-state index in [2.05, 4.69) is 5.32 Å². The fourth-order valence-electron chi connectivity index (χ4n) is 2.41. The van der Waals surface area contributed by atoms with Crippen LogP contribution in [0.2, 0.25) is 5.02 Å². The van der Waals surface area contributed by atoms with Crippen molar-refractivity contribution >= 4 is 35.2 Å². The molecule has 2 amide bonds. The molecule has 0 aromatic heterocycles. The third kappa shape index (κ3) is 6.05. The molecule has 0 saturated heterocycles. The van der Waals surface area contributed by atoms with Gasteiger partial charge in [0.25, 0.3) is 5.91 Å². The summed E-state index contributed by atoms with van der Waals surface area (Å²) in [5.74, 6) is 0.531. The van der Waals surface area contributed by atoms with E-state index in [-0.39, 0.29) is 18.3 Å². The molecule has 0 radical (unpaired) electrons. The van der Waals surface area contributed by atoms with Crippen molar-refractivity contribution in [3.63, 3.8) is 0 Å².